The molecule has 1 aromatic heterocycles. The van der Waals surface area contributed by atoms with E-state index in [-0.39, 0.29) is 26.1 Å². The van der Waals surface area contributed by atoms with Crippen molar-refractivity contribution < 1.29 is 33.0 Å². The number of nitrogens with one attached hydrogen (secondary N) is 1. The average Bonchev–Trinajstić information content (AvgIpc) is 3.06. The van der Waals surface area contributed by atoms with E-state index in [0.717, 1.165) is 6.07 Å². The van der Waals surface area contributed by atoms with Gasteiger partial charge in [0.25, 0.3) is 10.0 Å². The number of aryl methyl sites for hydroxylation is 1. The highest BCUT2D eigenvalue weighted by Crippen LogP contribution is 2.34. The van der Waals surface area contributed by atoms with Gasteiger partial charge < -0.3 is 14.9 Å². The van der Waals surface area contributed by atoms with Gasteiger partial charge in [-0.15, -0.1) is 11.3 Å². The van der Waals surface area contributed by atoms with E-state index >= 15 is 0 Å². The molecule has 1 heterocycles. The quantitative estimate of drug-likeness (QED) is 0.512. The van der Waals surface area contributed by atoms with Gasteiger partial charge in [-0.2, -0.15) is 0 Å². The first-order valence-corrected chi connectivity index (χ1v) is 10.4. The normalized spacial score (nSPS) is 11.1. The minimum Gasteiger partial charge on any atom is -0.478 e. The summed E-state index contributed by atoms with van der Waals surface area (Å²) in [5.41, 5.74) is 0.0799. The minimum atomic E-state index is -4.17. The van der Waals surface area contributed by atoms with Crippen molar-refractivity contribution in [2.45, 2.75) is 11.1 Å². The zero-order chi connectivity index (χ0) is 21.2. The van der Waals surface area contributed by atoms with Crippen molar-refractivity contribution in [1.82, 2.24) is 0 Å². The van der Waals surface area contributed by atoms with E-state index in [0.29, 0.717) is 22.6 Å². The maximum absolute atomic E-state index is 12.8. The van der Waals surface area contributed by atoms with Gasteiger partial charge in [0, 0.05) is 0 Å². The second-order valence-electron chi connectivity index (χ2n) is 5.92. The maximum Gasteiger partial charge on any atom is 0.346 e. The van der Waals surface area contributed by atoms with Crippen molar-refractivity contribution >= 4 is 39.0 Å². The number of benzene rings is 2. The van der Waals surface area contributed by atoms with Crippen LogP contribution in [0.3, 0.4) is 0 Å². The lowest BCUT2D eigenvalue weighted by Gasteiger charge is -2.13. The van der Waals surface area contributed by atoms with Gasteiger partial charge in [0.2, 0.25) is 0 Å². The summed E-state index contributed by atoms with van der Waals surface area (Å²) in [6.07, 6.45) is 0. The molecule has 0 bridgehead atoms. The summed E-state index contributed by atoms with van der Waals surface area (Å²) in [4.78, 5) is 22.4. The Kier molecular flexibility index (Phi) is 5.57. The van der Waals surface area contributed by atoms with Crippen LogP contribution in [0.25, 0.3) is 0 Å². The van der Waals surface area contributed by atoms with Crippen LogP contribution in [0.5, 0.6) is 11.5 Å². The first kappa shape index (κ1) is 20.4. The summed E-state index contributed by atoms with van der Waals surface area (Å²) < 4.78 is 33.3. The zero-order valence-corrected chi connectivity index (χ0v) is 16.6. The van der Waals surface area contributed by atoms with Gasteiger partial charge in [0.15, 0.2) is 5.75 Å². The fraction of sp³-hybridized carbons (Fsp3) is 0.0526. The lowest BCUT2D eigenvalue weighted by Crippen LogP contribution is -2.13. The van der Waals surface area contributed by atoms with E-state index in [1.807, 2.05) is 0 Å². The number of aromatic carboxylic acids is 2. The summed E-state index contributed by atoms with van der Waals surface area (Å²) in [6, 6.07) is 13.6. The highest BCUT2D eigenvalue weighted by atomic mass is 32.2. The molecule has 0 saturated carbocycles. The van der Waals surface area contributed by atoms with Crippen molar-refractivity contribution in [2.75, 3.05) is 4.72 Å². The third kappa shape index (κ3) is 4.55. The molecule has 8 nitrogen and oxygen atoms in total. The van der Waals surface area contributed by atoms with Crippen LogP contribution in [0.4, 0.5) is 5.69 Å². The van der Waals surface area contributed by atoms with Crippen molar-refractivity contribution in [3.05, 3.63) is 70.6 Å². The predicted molar refractivity (Wildman–Crippen MR) is 107 cm³/mol. The Morgan fingerprint density at radius 1 is 1.00 bits per heavy atom. The molecule has 0 aliphatic heterocycles. The number of carboxylic acids is 2. The number of hydrogen-bond donors (Lipinski definition) is 3. The summed E-state index contributed by atoms with van der Waals surface area (Å²) in [5, 5.41) is 18.4. The summed E-state index contributed by atoms with van der Waals surface area (Å²) in [6.45, 7) is 1.49. The van der Waals surface area contributed by atoms with Crippen LogP contribution in [0.1, 0.15) is 25.6 Å². The van der Waals surface area contributed by atoms with Crippen molar-refractivity contribution in [3.63, 3.8) is 0 Å². The van der Waals surface area contributed by atoms with E-state index in [4.69, 9.17) is 9.84 Å². The smallest absolute Gasteiger partial charge is 0.346 e. The number of carbonyl (C=O) groups is 2. The van der Waals surface area contributed by atoms with Crippen LogP contribution in [0.15, 0.2) is 58.8 Å². The van der Waals surface area contributed by atoms with Crippen LogP contribution >= 0.6 is 11.3 Å². The van der Waals surface area contributed by atoms with Gasteiger partial charge in [-0.1, -0.05) is 18.2 Å². The lowest BCUT2D eigenvalue weighted by atomic mass is 10.2. The SMILES string of the molecule is Cc1cc(S(=O)(=O)Nc2cc(C(=O)O)ccc2Oc2ccccc2)sc1C(=O)O. The highest BCUT2D eigenvalue weighted by molar-refractivity contribution is 7.94. The molecule has 2 aromatic carbocycles. The standard InChI is InChI=1S/C19H15NO7S2/c1-11-9-16(28-17(11)19(23)24)29(25,26)20-14-10-12(18(21)22)7-8-15(14)27-13-5-3-2-4-6-13/h2-10,20H,1H3,(H,21,22)(H,23,24). The number of para-hydroxylation sites is 1. The minimum absolute atomic E-state index is 0.0864. The van der Waals surface area contributed by atoms with Crippen LogP contribution in [0.2, 0.25) is 0 Å². The predicted octanol–water partition coefficient (Wildman–Crippen LogP) is 4.05. The van der Waals surface area contributed by atoms with Gasteiger partial charge in [-0.3, -0.25) is 4.72 Å². The van der Waals surface area contributed by atoms with Gasteiger partial charge in [0.1, 0.15) is 14.8 Å². The van der Waals surface area contributed by atoms with Crippen LogP contribution in [0, 0.1) is 6.92 Å². The van der Waals surface area contributed by atoms with Gasteiger partial charge in [-0.05, 0) is 48.9 Å². The van der Waals surface area contributed by atoms with Crippen LogP contribution in [-0.2, 0) is 10.0 Å². The van der Waals surface area contributed by atoms with E-state index < -0.39 is 22.0 Å². The molecule has 0 aliphatic carbocycles. The Hall–Kier alpha value is -3.37. The molecule has 0 spiro atoms. The highest BCUT2D eigenvalue weighted by Gasteiger charge is 2.24. The topological polar surface area (TPSA) is 130 Å². The van der Waals surface area contributed by atoms with E-state index in [2.05, 4.69) is 4.72 Å². The number of thiophene rings is 1. The summed E-state index contributed by atoms with van der Waals surface area (Å²) >= 11 is 0.607. The molecule has 0 unspecified atom stereocenters. The number of hydrogen-bond acceptors (Lipinski definition) is 6. The van der Waals surface area contributed by atoms with Crippen LogP contribution < -0.4 is 9.46 Å². The lowest BCUT2D eigenvalue weighted by molar-refractivity contribution is 0.0688. The number of anilines is 1. The Morgan fingerprint density at radius 2 is 1.69 bits per heavy atom. The molecule has 0 radical (unpaired) electrons. The molecule has 3 rings (SSSR count). The Balaban J connectivity index is 2.01. The molecule has 3 aromatic rings. The number of sulfonamides is 1. The number of ether oxygens (including phenoxy) is 1. The average molecular weight is 433 g/mol. The van der Waals surface area contributed by atoms with E-state index in [1.54, 1.807) is 30.3 Å². The Morgan fingerprint density at radius 3 is 2.28 bits per heavy atom. The van der Waals surface area contributed by atoms with E-state index in [9.17, 15) is 23.1 Å². The molecular weight excluding hydrogens is 418 g/mol. The van der Waals surface area contributed by atoms with Crippen LogP contribution in [-0.4, -0.2) is 30.6 Å². The molecule has 0 aliphatic rings. The molecule has 0 saturated heterocycles. The Labute approximate surface area is 170 Å². The number of rotatable bonds is 7. The summed E-state index contributed by atoms with van der Waals surface area (Å²) in [5.74, 6) is -1.94. The number of carboxylic acid groups (broad SMARTS) is 2. The third-order valence-corrected chi connectivity index (χ3v) is 6.86. The largest absolute Gasteiger partial charge is 0.478 e. The molecule has 0 fully saturated rings. The van der Waals surface area contributed by atoms with Gasteiger partial charge in [-0.25, -0.2) is 18.0 Å². The van der Waals surface area contributed by atoms with Crippen molar-refractivity contribution in [1.29, 1.82) is 0 Å². The van der Waals surface area contributed by atoms with Crippen molar-refractivity contribution in [2.24, 2.45) is 0 Å². The third-order valence-electron chi connectivity index (χ3n) is 3.80. The molecule has 10 heteroatoms. The molecule has 0 atom stereocenters. The van der Waals surface area contributed by atoms with Gasteiger partial charge in [0.05, 0.1) is 11.3 Å². The van der Waals surface area contributed by atoms with E-state index in [1.165, 1.54) is 25.1 Å². The van der Waals surface area contributed by atoms with Crippen molar-refractivity contribution in [3.8, 4) is 11.5 Å². The Bertz CT molecular complexity index is 1180. The summed E-state index contributed by atoms with van der Waals surface area (Å²) in [7, 11) is -4.17. The molecule has 150 valence electrons. The zero-order valence-electron chi connectivity index (χ0n) is 14.9. The first-order chi connectivity index (χ1) is 13.7. The van der Waals surface area contributed by atoms with Gasteiger partial charge >= 0.3 is 11.9 Å². The fourth-order valence-electron chi connectivity index (χ4n) is 2.44. The second-order valence-corrected chi connectivity index (χ2v) is 8.88. The first-order valence-electron chi connectivity index (χ1n) is 8.14. The monoisotopic (exact) mass is 433 g/mol. The maximum atomic E-state index is 12.8. The fourth-order valence-corrected chi connectivity index (χ4v) is 4.88. The second kappa shape index (κ2) is 7.94. The molecule has 29 heavy (non-hydrogen) atoms. The molecular formula is C19H15NO7S2. The molecule has 3 N–H and O–H groups in total. The molecule has 0 amide bonds.